The number of halogens is 5. The first-order chi connectivity index (χ1) is 7.29. The number of ether oxygens (including phenoxy) is 1. The summed E-state index contributed by atoms with van der Waals surface area (Å²) < 4.78 is 41.8. The first-order valence-corrected chi connectivity index (χ1v) is 5.09. The van der Waals surface area contributed by atoms with Gasteiger partial charge in [-0.25, -0.2) is 0 Å². The molecule has 0 heterocycles. The van der Waals surface area contributed by atoms with Crippen molar-refractivity contribution in [3.05, 3.63) is 27.7 Å². The van der Waals surface area contributed by atoms with Gasteiger partial charge in [0.2, 0.25) is 0 Å². The Bertz CT molecular complexity index is 431. The van der Waals surface area contributed by atoms with Gasteiger partial charge in [0.15, 0.2) is 0 Å². The molecule has 0 aliphatic rings. The van der Waals surface area contributed by atoms with E-state index >= 15 is 0 Å². The Morgan fingerprint density at radius 2 is 2.00 bits per heavy atom. The number of hydrogen-bond donors (Lipinski definition) is 0. The molecule has 1 aromatic carbocycles. The summed E-state index contributed by atoms with van der Waals surface area (Å²) in [5.74, 6) is -0.0140. The highest BCUT2D eigenvalue weighted by Crippen LogP contribution is 2.40. The van der Waals surface area contributed by atoms with Gasteiger partial charge in [0.25, 0.3) is 5.24 Å². The third-order valence-electron chi connectivity index (χ3n) is 1.83. The third-order valence-corrected chi connectivity index (χ3v) is 2.84. The van der Waals surface area contributed by atoms with E-state index in [9.17, 15) is 18.0 Å². The van der Waals surface area contributed by atoms with Gasteiger partial charge in [0.1, 0.15) is 5.75 Å². The van der Waals surface area contributed by atoms with Crippen LogP contribution in [-0.2, 0) is 6.18 Å². The van der Waals surface area contributed by atoms with Crippen LogP contribution in [0.5, 0.6) is 5.75 Å². The Hall–Kier alpha value is -0.750. The van der Waals surface area contributed by atoms with Crippen LogP contribution in [0.1, 0.15) is 15.9 Å². The van der Waals surface area contributed by atoms with E-state index in [1.54, 1.807) is 0 Å². The second kappa shape index (κ2) is 4.63. The van der Waals surface area contributed by atoms with Crippen LogP contribution in [0.25, 0.3) is 0 Å². The summed E-state index contributed by atoms with van der Waals surface area (Å²) in [4.78, 5) is 11.0. The van der Waals surface area contributed by atoms with Crippen molar-refractivity contribution >= 4 is 32.8 Å². The summed E-state index contributed by atoms with van der Waals surface area (Å²) >= 11 is 7.90. The molecule has 1 rings (SSSR count). The fraction of sp³-hybridized carbons (Fsp3) is 0.222. The van der Waals surface area contributed by atoms with Gasteiger partial charge in [-0.15, -0.1) is 0 Å². The van der Waals surface area contributed by atoms with Gasteiger partial charge < -0.3 is 4.74 Å². The van der Waals surface area contributed by atoms with Crippen LogP contribution in [0, 0.1) is 0 Å². The summed E-state index contributed by atoms with van der Waals surface area (Å²) in [5, 5.41) is -1.02. The minimum absolute atomic E-state index is 0.0140. The lowest BCUT2D eigenvalue weighted by atomic mass is 10.1. The van der Waals surface area contributed by atoms with Crippen LogP contribution in [0.4, 0.5) is 13.2 Å². The van der Waals surface area contributed by atoms with Crippen molar-refractivity contribution in [2.24, 2.45) is 0 Å². The highest BCUT2D eigenvalue weighted by Gasteiger charge is 2.35. The fourth-order valence-corrected chi connectivity index (χ4v) is 2.16. The molecular weight excluding hydrogens is 312 g/mol. The molecule has 0 saturated heterocycles. The van der Waals surface area contributed by atoms with Crippen molar-refractivity contribution < 1.29 is 22.7 Å². The maximum atomic E-state index is 12.5. The first kappa shape index (κ1) is 13.3. The molecule has 7 heteroatoms. The lowest BCUT2D eigenvalue weighted by molar-refractivity contribution is -0.138. The highest BCUT2D eigenvalue weighted by molar-refractivity contribution is 9.10. The van der Waals surface area contributed by atoms with Gasteiger partial charge in [-0.2, -0.15) is 13.2 Å². The Morgan fingerprint density at radius 1 is 1.44 bits per heavy atom. The van der Waals surface area contributed by atoms with E-state index in [2.05, 4.69) is 15.9 Å². The quantitative estimate of drug-likeness (QED) is 0.774. The SMILES string of the molecule is COc1ccc(C(F)(F)F)c(Br)c1C(=O)Cl. The van der Waals surface area contributed by atoms with Gasteiger partial charge in [-0.1, -0.05) is 0 Å². The van der Waals surface area contributed by atoms with Crippen molar-refractivity contribution in [1.29, 1.82) is 0 Å². The van der Waals surface area contributed by atoms with Crippen LogP contribution in [0.3, 0.4) is 0 Å². The minimum Gasteiger partial charge on any atom is -0.496 e. The van der Waals surface area contributed by atoms with Crippen LogP contribution >= 0.6 is 27.5 Å². The van der Waals surface area contributed by atoms with Gasteiger partial charge in [-0.3, -0.25) is 4.79 Å². The summed E-state index contributed by atoms with van der Waals surface area (Å²) in [7, 11) is 1.23. The molecular formula is C9H5BrClF3O2. The zero-order valence-corrected chi connectivity index (χ0v) is 10.2. The van der Waals surface area contributed by atoms with Gasteiger partial charge >= 0.3 is 6.18 Å². The van der Waals surface area contributed by atoms with Gasteiger partial charge in [0, 0.05) is 4.47 Å². The van der Waals surface area contributed by atoms with Crippen LogP contribution < -0.4 is 4.74 Å². The summed E-state index contributed by atoms with van der Waals surface area (Å²) in [5.41, 5.74) is -1.31. The molecule has 0 aromatic heterocycles. The standard InChI is InChI=1S/C9H5BrClF3O2/c1-16-5-3-2-4(9(12,13)14)7(10)6(5)8(11)15/h2-3H,1H3. The maximum absolute atomic E-state index is 12.5. The Kier molecular flexibility index (Phi) is 3.85. The average Bonchev–Trinajstić information content (AvgIpc) is 2.14. The van der Waals surface area contributed by atoms with Crippen molar-refractivity contribution in [3.63, 3.8) is 0 Å². The topological polar surface area (TPSA) is 26.3 Å². The van der Waals surface area contributed by atoms with E-state index in [4.69, 9.17) is 16.3 Å². The molecule has 2 nitrogen and oxygen atoms in total. The molecule has 0 saturated carbocycles. The summed E-state index contributed by atoms with van der Waals surface area (Å²) in [6.07, 6.45) is -4.56. The highest BCUT2D eigenvalue weighted by atomic mass is 79.9. The van der Waals surface area contributed by atoms with Gasteiger partial charge in [-0.05, 0) is 39.7 Å². The molecule has 0 atom stereocenters. The second-order valence-corrected chi connectivity index (χ2v) is 3.91. The molecule has 16 heavy (non-hydrogen) atoms. The molecule has 0 aliphatic heterocycles. The molecule has 0 unspecified atom stereocenters. The van der Waals surface area contributed by atoms with E-state index in [-0.39, 0.29) is 11.3 Å². The van der Waals surface area contributed by atoms with Crippen molar-refractivity contribution in [3.8, 4) is 5.75 Å². The number of carbonyl (C=O) groups is 1. The van der Waals surface area contributed by atoms with Crippen LogP contribution in [0.2, 0.25) is 0 Å². The molecule has 0 spiro atoms. The molecule has 0 fully saturated rings. The molecule has 0 radical (unpaired) electrons. The van der Waals surface area contributed by atoms with Gasteiger partial charge in [0.05, 0.1) is 18.2 Å². The molecule has 0 bridgehead atoms. The van der Waals surface area contributed by atoms with E-state index in [1.807, 2.05) is 0 Å². The van der Waals surface area contributed by atoms with Crippen LogP contribution in [0.15, 0.2) is 16.6 Å². The Balaban J connectivity index is 3.50. The smallest absolute Gasteiger partial charge is 0.417 e. The molecule has 1 aromatic rings. The van der Waals surface area contributed by atoms with Crippen molar-refractivity contribution in [1.82, 2.24) is 0 Å². The third kappa shape index (κ3) is 2.49. The second-order valence-electron chi connectivity index (χ2n) is 2.78. The van der Waals surface area contributed by atoms with E-state index in [1.165, 1.54) is 7.11 Å². The number of hydrogen-bond acceptors (Lipinski definition) is 2. The first-order valence-electron chi connectivity index (χ1n) is 3.92. The average molecular weight is 317 g/mol. The minimum atomic E-state index is -4.56. The number of methoxy groups -OCH3 is 1. The van der Waals surface area contributed by atoms with E-state index < -0.39 is 21.5 Å². The molecule has 88 valence electrons. The number of alkyl halides is 3. The lowest BCUT2D eigenvalue weighted by Gasteiger charge is -2.13. The Morgan fingerprint density at radius 3 is 2.38 bits per heavy atom. The monoisotopic (exact) mass is 316 g/mol. The summed E-state index contributed by atoms with van der Waals surface area (Å²) in [6.45, 7) is 0. The zero-order valence-electron chi connectivity index (χ0n) is 7.86. The zero-order chi connectivity index (χ0) is 12.5. The predicted octanol–water partition coefficient (Wildman–Crippen LogP) is 3.86. The normalized spacial score (nSPS) is 11.4. The predicted molar refractivity (Wildman–Crippen MR) is 55.9 cm³/mol. The largest absolute Gasteiger partial charge is 0.496 e. The Labute approximate surface area is 102 Å². The molecule has 0 amide bonds. The number of rotatable bonds is 2. The molecule has 0 aliphatic carbocycles. The lowest BCUT2D eigenvalue weighted by Crippen LogP contribution is -2.09. The number of carbonyl (C=O) groups excluding carboxylic acids is 1. The van der Waals surface area contributed by atoms with E-state index in [0.717, 1.165) is 12.1 Å². The van der Waals surface area contributed by atoms with E-state index in [0.29, 0.717) is 0 Å². The van der Waals surface area contributed by atoms with Crippen LogP contribution in [-0.4, -0.2) is 12.4 Å². The maximum Gasteiger partial charge on any atom is 0.417 e. The summed E-state index contributed by atoms with van der Waals surface area (Å²) in [6, 6.07) is 1.86. The van der Waals surface area contributed by atoms with Crippen molar-refractivity contribution in [2.45, 2.75) is 6.18 Å². The number of benzene rings is 1. The van der Waals surface area contributed by atoms with Crippen molar-refractivity contribution in [2.75, 3.05) is 7.11 Å². The fourth-order valence-electron chi connectivity index (χ4n) is 1.13. The molecule has 0 N–H and O–H groups in total.